The van der Waals surface area contributed by atoms with Gasteiger partial charge in [-0.2, -0.15) is 0 Å². The van der Waals surface area contributed by atoms with Crippen LogP contribution in [0.2, 0.25) is 0 Å². The van der Waals surface area contributed by atoms with Crippen LogP contribution in [0.3, 0.4) is 0 Å². The van der Waals surface area contributed by atoms with Crippen molar-refractivity contribution in [1.29, 1.82) is 0 Å². The molecular weight excluding hydrogens is 348 g/mol. The molecule has 0 radical (unpaired) electrons. The summed E-state index contributed by atoms with van der Waals surface area (Å²) in [4.78, 5) is 43.8. The van der Waals surface area contributed by atoms with E-state index in [0.717, 1.165) is 16.5 Å². The van der Waals surface area contributed by atoms with E-state index >= 15 is 0 Å². The Morgan fingerprint density at radius 2 is 2.19 bits per heavy atom. The first-order valence-electron chi connectivity index (χ1n) is 8.56. The van der Waals surface area contributed by atoms with Gasteiger partial charge in [-0.3, -0.25) is 14.6 Å². The number of hydrogen-bond donors (Lipinski definition) is 1. The van der Waals surface area contributed by atoms with Crippen molar-refractivity contribution in [1.82, 2.24) is 9.97 Å². The lowest BCUT2D eigenvalue weighted by Gasteiger charge is -2.25. The van der Waals surface area contributed by atoms with Crippen molar-refractivity contribution in [3.63, 3.8) is 0 Å². The van der Waals surface area contributed by atoms with E-state index < -0.39 is 23.4 Å². The molecule has 2 aromatic heterocycles. The molecule has 0 fully saturated rings. The normalized spacial score (nSPS) is 15.9. The summed E-state index contributed by atoms with van der Waals surface area (Å²) in [7, 11) is 0. The Morgan fingerprint density at radius 3 is 3.00 bits per heavy atom. The van der Waals surface area contributed by atoms with Crippen LogP contribution in [0, 0.1) is 0 Å². The number of nitrogens with one attached hydrogen (secondary N) is 1. The van der Waals surface area contributed by atoms with E-state index in [2.05, 4.69) is 9.97 Å². The lowest BCUT2D eigenvalue weighted by molar-refractivity contribution is -0.135. The van der Waals surface area contributed by atoms with Gasteiger partial charge in [0.15, 0.2) is 5.75 Å². The van der Waals surface area contributed by atoms with Gasteiger partial charge in [-0.05, 0) is 30.7 Å². The van der Waals surface area contributed by atoms with E-state index in [1.807, 2.05) is 30.3 Å². The van der Waals surface area contributed by atoms with Gasteiger partial charge in [0.2, 0.25) is 0 Å². The number of carbonyl (C=O) groups excluding carboxylic acids is 2. The first-order valence-corrected chi connectivity index (χ1v) is 8.56. The van der Waals surface area contributed by atoms with Crippen molar-refractivity contribution in [2.24, 2.45) is 0 Å². The third-order valence-corrected chi connectivity index (χ3v) is 4.54. The minimum atomic E-state index is -0.652. The zero-order chi connectivity index (χ0) is 19.0. The summed E-state index contributed by atoms with van der Waals surface area (Å²) in [5, 5.41) is 0.897. The number of H-pyrrole nitrogens is 1. The quantitative estimate of drug-likeness (QED) is 0.717. The van der Waals surface area contributed by atoms with Crippen molar-refractivity contribution in [3.05, 3.63) is 69.8 Å². The average molecular weight is 364 g/mol. The minimum absolute atomic E-state index is 0.00806. The van der Waals surface area contributed by atoms with E-state index in [4.69, 9.17) is 9.47 Å². The van der Waals surface area contributed by atoms with E-state index in [9.17, 15) is 14.4 Å². The molecular formula is C20H16N2O5. The van der Waals surface area contributed by atoms with Crippen LogP contribution in [0.25, 0.3) is 10.9 Å². The van der Waals surface area contributed by atoms with Crippen LogP contribution in [-0.2, 0) is 9.53 Å². The number of aromatic nitrogens is 2. The second kappa shape index (κ2) is 6.68. The Morgan fingerprint density at radius 1 is 1.33 bits per heavy atom. The molecule has 4 rings (SSSR count). The number of nitrogens with zero attached hydrogens (tertiary/aromatic N) is 1. The third-order valence-electron chi connectivity index (χ3n) is 4.54. The maximum atomic E-state index is 12.5. The van der Waals surface area contributed by atoms with Crippen molar-refractivity contribution >= 4 is 22.8 Å². The van der Waals surface area contributed by atoms with Gasteiger partial charge in [-0.25, -0.2) is 4.79 Å². The maximum absolute atomic E-state index is 12.5. The second-order valence-electron chi connectivity index (χ2n) is 6.18. The van der Waals surface area contributed by atoms with Gasteiger partial charge < -0.3 is 14.5 Å². The van der Waals surface area contributed by atoms with Gasteiger partial charge in [0.05, 0.1) is 24.1 Å². The van der Waals surface area contributed by atoms with Gasteiger partial charge in [0.25, 0.3) is 5.56 Å². The summed E-state index contributed by atoms with van der Waals surface area (Å²) in [5.41, 5.74) is 1.48. The number of benzene rings is 1. The Hall–Kier alpha value is -3.48. The van der Waals surface area contributed by atoms with E-state index in [1.54, 1.807) is 13.1 Å². The predicted octanol–water partition coefficient (Wildman–Crippen LogP) is 2.54. The summed E-state index contributed by atoms with van der Waals surface area (Å²) in [6.07, 6.45) is 2.93. The standard InChI is InChI=1S/C20H16N2O5/c1-2-26-20(25)14-10-22-19(24)17-13(9-16(23)27-18(14)17)11-5-6-15-12(8-11)4-3-7-21-15/h3-8,10,13H,2,9H2,1H3,(H,22,24). The number of ether oxygens (including phenoxy) is 2. The maximum Gasteiger partial charge on any atom is 0.343 e. The average Bonchev–Trinajstić information content (AvgIpc) is 2.67. The fraction of sp³-hybridized carbons (Fsp3) is 0.200. The van der Waals surface area contributed by atoms with E-state index in [-0.39, 0.29) is 29.9 Å². The Kier molecular flexibility index (Phi) is 4.19. The van der Waals surface area contributed by atoms with Crippen LogP contribution in [0.5, 0.6) is 5.75 Å². The van der Waals surface area contributed by atoms with Crippen LogP contribution in [0.1, 0.15) is 40.7 Å². The summed E-state index contributed by atoms with van der Waals surface area (Å²) in [6.45, 7) is 1.84. The van der Waals surface area contributed by atoms with Gasteiger partial charge in [-0.15, -0.1) is 0 Å². The molecule has 1 aliphatic rings. The summed E-state index contributed by atoms with van der Waals surface area (Å²) in [5.74, 6) is -1.70. The zero-order valence-electron chi connectivity index (χ0n) is 14.5. The summed E-state index contributed by atoms with van der Waals surface area (Å²) < 4.78 is 10.3. The number of pyridine rings is 2. The molecule has 1 aromatic carbocycles. The molecule has 3 heterocycles. The van der Waals surface area contributed by atoms with Crippen molar-refractivity contribution < 1.29 is 19.1 Å². The van der Waals surface area contributed by atoms with Crippen LogP contribution < -0.4 is 10.3 Å². The molecule has 1 aliphatic heterocycles. The molecule has 7 nitrogen and oxygen atoms in total. The predicted molar refractivity (Wildman–Crippen MR) is 96.9 cm³/mol. The van der Waals surface area contributed by atoms with E-state index in [1.165, 1.54) is 6.20 Å². The largest absolute Gasteiger partial charge is 0.462 e. The van der Waals surface area contributed by atoms with Gasteiger partial charge in [-0.1, -0.05) is 12.1 Å². The number of esters is 2. The molecule has 1 unspecified atom stereocenters. The molecule has 136 valence electrons. The SMILES string of the molecule is CCOC(=O)c1c[nH]c(=O)c2c1OC(=O)CC2c1ccc2ncccc2c1. The number of hydrogen-bond acceptors (Lipinski definition) is 6. The summed E-state index contributed by atoms with van der Waals surface area (Å²) in [6, 6.07) is 9.30. The fourth-order valence-electron chi connectivity index (χ4n) is 3.34. The molecule has 0 bridgehead atoms. The molecule has 1 N–H and O–H groups in total. The van der Waals surface area contributed by atoms with Crippen molar-refractivity contribution in [2.45, 2.75) is 19.3 Å². The first-order chi connectivity index (χ1) is 13.1. The lowest BCUT2D eigenvalue weighted by Crippen LogP contribution is -2.30. The highest BCUT2D eigenvalue weighted by molar-refractivity contribution is 5.95. The molecule has 1 atom stereocenters. The highest BCUT2D eigenvalue weighted by Gasteiger charge is 2.34. The number of fused-ring (bicyclic) bond motifs is 2. The summed E-state index contributed by atoms with van der Waals surface area (Å²) >= 11 is 0. The molecule has 0 spiro atoms. The van der Waals surface area contributed by atoms with Crippen molar-refractivity contribution in [3.8, 4) is 5.75 Å². The fourth-order valence-corrected chi connectivity index (χ4v) is 3.34. The Balaban J connectivity index is 1.89. The Bertz CT molecular complexity index is 1120. The minimum Gasteiger partial charge on any atom is -0.462 e. The highest BCUT2D eigenvalue weighted by Crippen LogP contribution is 2.39. The van der Waals surface area contributed by atoms with Gasteiger partial charge in [0.1, 0.15) is 5.56 Å². The molecule has 0 aliphatic carbocycles. The molecule has 0 amide bonds. The van der Waals surface area contributed by atoms with Crippen LogP contribution in [0.15, 0.2) is 47.5 Å². The molecule has 7 heteroatoms. The van der Waals surface area contributed by atoms with Crippen LogP contribution in [0.4, 0.5) is 0 Å². The first kappa shape index (κ1) is 17.0. The van der Waals surface area contributed by atoms with Gasteiger partial charge >= 0.3 is 11.9 Å². The highest BCUT2D eigenvalue weighted by atomic mass is 16.5. The second-order valence-corrected chi connectivity index (χ2v) is 6.18. The monoisotopic (exact) mass is 364 g/mol. The molecule has 27 heavy (non-hydrogen) atoms. The van der Waals surface area contributed by atoms with E-state index in [0.29, 0.717) is 0 Å². The lowest BCUT2D eigenvalue weighted by atomic mass is 9.86. The zero-order valence-corrected chi connectivity index (χ0v) is 14.5. The smallest absolute Gasteiger partial charge is 0.343 e. The van der Waals surface area contributed by atoms with Gasteiger partial charge in [0, 0.05) is 23.7 Å². The number of rotatable bonds is 3. The topological polar surface area (TPSA) is 98.4 Å². The molecule has 3 aromatic rings. The molecule has 0 saturated heterocycles. The number of carbonyl (C=O) groups is 2. The molecule has 0 saturated carbocycles. The third kappa shape index (κ3) is 2.97. The number of aromatic amines is 1. The van der Waals surface area contributed by atoms with Crippen LogP contribution >= 0.6 is 0 Å². The Labute approximate surface area is 154 Å². The van der Waals surface area contributed by atoms with Crippen LogP contribution in [-0.4, -0.2) is 28.5 Å². The van der Waals surface area contributed by atoms with Crippen molar-refractivity contribution in [2.75, 3.05) is 6.61 Å².